The second-order valence-corrected chi connectivity index (χ2v) is 5.30. The van der Waals surface area contributed by atoms with Gasteiger partial charge in [-0.05, 0) is 20.3 Å². The molecule has 0 bridgehead atoms. The lowest BCUT2D eigenvalue weighted by Gasteiger charge is -2.17. The fourth-order valence-corrected chi connectivity index (χ4v) is 1.86. The summed E-state index contributed by atoms with van der Waals surface area (Å²) in [7, 11) is 1.30. The van der Waals surface area contributed by atoms with Gasteiger partial charge in [0.25, 0.3) is 0 Å². The Labute approximate surface area is 107 Å². The Bertz CT molecular complexity index is 261. The van der Waals surface area contributed by atoms with Gasteiger partial charge in [0.1, 0.15) is 6.04 Å². The lowest BCUT2D eigenvalue weighted by Crippen LogP contribution is -2.39. The predicted molar refractivity (Wildman–Crippen MR) is 69.8 cm³/mol. The molecule has 17 heavy (non-hydrogen) atoms. The van der Waals surface area contributed by atoms with E-state index in [1.165, 1.54) is 18.9 Å². The topological polar surface area (TPSA) is 81.4 Å². The number of rotatable bonds is 7. The minimum atomic E-state index is -0.677. The summed E-state index contributed by atoms with van der Waals surface area (Å²) in [4.78, 5) is 22.7. The summed E-state index contributed by atoms with van der Waals surface area (Å²) in [6.45, 7) is 5.76. The zero-order valence-corrected chi connectivity index (χ0v) is 11.7. The third kappa shape index (κ3) is 6.53. The first-order chi connectivity index (χ1) is 7.92. The molecule has 6 heteroatoms. The first-order valence-corrected chi connectivity index (χ1v) is 6.72. The second-order valence-electron chi connectivity index (χ2n) is 3.92. The number of carbonyl (C=O) groups excluding carboxylic acids is 2. The Kier molecular flexibility index (Phi) is 7.99. The van der Waals surface area contributed by atoms with Crippen LogP contribution < -0.4 is 11.1 Å². The number of amides is 1. The van der Waals surface area contributed by atoms with Crippen molar-refractivity contribution < 1.29 is 14.3 Å². The Balaban J connectivity index is 3.96. The molecule has 0 aromatic carbocycles. The van der Waals surface area contributed by atoms with E-state index in [2.05, 4.69) is 10.1 Å². The lowest BCUT2D eigenvalue weighted by molar-refractivity contribution is -0.141. The van der Waals surface area contributed by atoms with Gasteiger partial charge in [-0.2, -0.15) is 0 Å². The van der Waals surface area contributed by atoms with Crippen LogP contribution in [0.15, 0.2) is 0 Å². The maximum Gasteiger partial charge on any atom is 0.323 e. The van der Waals surface area contributed by atoms with E-state index < -0.39 is 12.0 Å². The van der Waals surface area contributed by atoms with Crippen LogP contribution in [-0.4, -0.2) is 42.1 Å². The number of hydrogen-bond acceptors (Lipinski definition) is 5. The number of methoxy groups -OCH3 is 1. The highest BCUT2D eigenvalue weighted by molar-refractivity contribution is 8.00. The predicted octanol–water partition coefficient (Wildman–Crippen LogP) is 0.523. The average Bonchev–Trinajstić information content (AvgIpc) is 2.33. The molecule has 3 N–H and O–H groups in total. The van der Waals surface area contributed by atoms with Crippen LogP contribution in [0.2, 0.25) is 0 Å². The van der Waals surface area contributed by atoms with E-state index in [4.69, 9.17) is 5.73 Å². The molecule has 0 aliphatic carbocycles. The molecule has 0 saturated heterocycles. The molecule has 0 aromatic rings. The Morgan fingerprint density at radius 3 is 2.47 bits per heavy atom. The van der Waals surface area contributed by atoms with Crippen molar-refractivity contribution in [2.45, 2.75) is 44.5 Å². The normalized spacial score (nSPS) is 15.8. The van der Waals surface area contributed by atoms with Crippen molar-refractivity contribution in [2.75, 3.05) is 12.9 Å². The van der Waals surface area contributed by atoms with Gasteiger partial charge in [-0.25, -0.2) is 0 Å². The number of thioether (sulfide) groups is 1. The van der Waals surface area contributed by atoms with E-state index in [0.29, 0.717) is 5.75 Å². The van der Waals surface area contributed by atoms with Crippen molar-refractivity contribution in [3.63, 3.8) is 0 Å². The maximum absolute atomic E-state index is 11.7. The van der Waals surface area contributed by atoms with Crippen LogP contribution in [0.25, 0.3) is 0 Å². The van der Waals surface area contributed by atoms with Gasteiger partial charge in [0.15, 0.2) is 0 Å². The van der Waals surface area contributed by atoms with Crippen molar-refractivity contribution >= 4 is 23.6 Å². The van der Waals surface area contributed by atoms with Gasteiger partial charge >= 0.3 is 5.97 Å². The lowest BCUT2D eigenvalue weighted by atomic mass is 10.2. The van der Waals surface area contributed by atoms with E-state index in [1.54, 1.807) is 6.92 Å². The van der Waals surface area contributed by atoms with Gasteiger partial charge in [-0.1, -0.05) is 6.92 Å². The third-order valence-corrected chi connectivity index (χ3v) is 3.67. The summed E-state index contributed by atoms with van der Waals surface area (Å²) in [5.74, 6) is -0.102. The molecule has 1 amide bonds. The molecule has 100 valence electrons. The van der Waals surface area contributed by atoms with Crippen LogP contribution in [0.4, 0.5) is 0 Å². The molecule has 0 fully saturated rings. The molecule has 0 rings (SSSR count). The number of nitrogens with one attached hydrogen (secondary N) is 1. The zero-order valence-electron chi connectivity index (χ0n) is 10.9. The highest BCUT2D eigenvalue weighted by Crippen LogP contribution is 2.12. The first-order valence-electron chi connectivity index (χ1n) is 5.67. The maximum atomic E-state index is 11.7. The summed E-state index contributed by atoms with van der Waals surface area (Å²) in [6.07, 6.45) is 0.894. The number of ether oxygens (including phenoxy) is 1. The molecule has 3 atom stereocenters. The quantitative estimate of drug-likeness (QED) is 0.654. The number of hydrogen-bond donors (Lipinski definition) is 2. The van der Waals surface area contributed by atoms with Crippen LogP contribution in [0.1, 0.15) is 27.2 Å². The fourth-order valence-electron chi connectivity index (χ4n) is 1.01. The van der Waals surface area contributed by atoms with Crippen LogP contribution in [0.5, 0.6) is 0 Å². The van der Waals surface area contributed by atoms with E-state index >= 15 is 0 Å². The zero-order chi connectivity index (χ0) is 13.4. The highest BCUT2D eigenvalue weighted by Gasteiger charge is 2.19. The van der Waals surface area contributed by atoms with Crippen molar-refractivity contribution in [3.05, 3.63) is 0 Å². The molecule has 3 unspecified atom stereocenters. The van der Waals surface area contributed by atoms with E-state index in [9.17, 15) is 9.59 Å². The molecule has 0 aliphatic rings. The molecular formula is C11H22N2O3S. The van der Waals surface area contributed by atoms with Gasteiger partial charge in [0.05, 0.1) is 12.4 Å². The van der Waals surface area contributed by atoms with Crippen LogP contribution >= 0.6 is 11.8 Å². The van der Waals surface area contributed by atoms with Gasteiger partial charge < -0.3 is 15.8 Å². The molecule has 0 aromatic heterocycles. The van der Waals surface area contributed by atoms with Crippen molar-refractivity contribution in [2.24, 2.45) is 5.73 Å². The molecule has 0 heterocycles. The molecular weight excluding hydrogens is 240 g/mol. The summed E-state index contributed by atoms with van der Waals surface area (Å²) < 4.78 is 4.51. The molecule has 0 spiro atoms. The highest BCUT2D eigenvalue weighted by atomic mass is 32.2. The Morgan fingerprint density at radius 1 is 1.41 bits per heavy atom. The van der Waals surface area contributed by atoms with Crippen LogP contribution in [0, 0.1) is 0 Å². The Hall–Kier alpha value is -0.750. The molecule has 5 nitrogen and oxygen atoms in total. The molecule has 0 aliphatic heterocycles. The summed E-state index contributed by atoms with van der Waals surface area (Å²) in [5.41, 5.74) is 5.58. The monoisotopic (exact) mass is 262 g/mol. The number of esters is 1. The van der Waals surface area contributed by atoms with Crippen LogP contribution in [-0.2, 0) is 14.3 Å². The molecule has 0 saturated carbocycles. The van der Waals surface area contributed by atoms with E-state index in [1.807, 2.05) is 13.8 Å². The Morgan fingerprint density at radius 2 is 2.00 bits per heavy atom. The van der Waals surface area contributed by atoms with Gasteiger partial charge in [-0.15, -0.1) is 11.8 Å². The molecule has 0 radical (unpaired) electrons. The number of carbonyl (C=O) groups is 2. The first kappa shape index (κ1) is 16.2. The fraction of sp³-hybridized carbons (Fsp3) is 0.818. The summed E-state index contributed by atoms with van der Waals surface area (Å²) in [6, 6.07) is -0.510. The van der Waals surface area contributed by atoms with Gasteiger partial charge in [0.2, 0.25) is 5.91 Å². The standard InChI is InChI=1S/C11H22N2O3S/c1-5-7(2)13-10(14)8(3)17-6-9(12)11(15)16-4/h7-9H,5-6,12H2,1-4H3,(H,13,14). The second kappa shape index (κ2) is 8.36. The van der Waals surface area contributed by atoms with E-state index in [-0.39, 0.29) is 17.2 Å². The van der Waals surface area contributed by atoms with Crippen LogP contribution in [0.3, 0.4) is 0 Å². The van der Waals surface area contributed by atoms with Crippen molar-refractivity contribution in [1.82, 2.24) is 5.32 Å². The SMILES string of the molecule is CCC(C)NC(=O)C(C)SCC(N)C(=O)OC. The minimum absolute atomic E-state index is 0.0265. The average molecular weight is 262 g/mol. The van der Waals surface area contributed by atoms with Crippen molar-refractivity contribution in [3.8, 4) is 0 Å². The summed E-state index contributed by atoms with van der Waals surface area (Å²) >= 11 is 1.35. The van der Waals surface area contributed by atoms with Crippen molar-refractivity contribution in [1.29, 1.82) is 0 Å². The third-order valence-electron chi connectivity index (χ3n) is 2.40. The largest absolute Gasteiger partial charge is 0.468 e. The van der Waals surface area contributed by atoms with Gasteiger partial charge in [0, 0.05) is 11.8 Å². The smallest absolute Gasteiger partial charge is 0.323 e. The summed E-state index contributed by atoms with van der Waals surface area (Å²) in [5, 5.41) is 2.66. The minimum Gasteiger partial charge on any atom is -0.468 e. The van der Waals surface area contributed by atoms with Gasteiger partial charge in [-0.3, -0.25) is 9.59 Å². The number of nitrogens with two attached hydrogens (primary N) is 1. The van der Waals surface area contributed by atoms with E-state index in [0.717, 1.165) is 6.42 Å².